The number of rotatable bonds is 14. The Bertz CT molecular complexity index is 1730. The second kappa shape index (κ2) is 16.1. The molecule has 9 heteroatoms. The lowest BCUT2D eigenvalue weighted by atomic mass is 10.0. The van der Waals surface area contributed by atoms with Gasteiger partial charge < -0.3 is 10.2 Å². The highest BCUT2D eigenvalue weighted by Gasteiger charge is 2.35. The Hall–Kier alpha value is -3.95. The highest BCUT2D eigenvalue weighted by atomic mass is 79.9. The number of aryl methyl sites for hydroxylation is 3. The summed E-state index contributed by atoms with van der Waals surface area (Å²) in [7, 11) is -4.16. The molecular weight excluding hydrogens is 662 g/mol. The predicted octanol–water partition coefficient (Wildman–Crippen LogP) is 7.13. The van der Waals surface area contributed by atoms with E-state index in [1.807, 2.05) is 94.4 Å². The third kappa shape index (κ3) is 9.07. The zero-order valence-electron chi connectivity index (χ0n) is 26.9. The Labute approximate surface area is 281 Å². The first-order chi connectivity index (χ1) is 22.0. The number of benzene rings is 4. The molecule has 2 amide bonds. The smallest absolute Gasteiger partial charge is 0.264 e. The van der Waals surface area contributed by atoms with Crippen LogP contribution in [0.5, 0.6) is 0 Å². The summed E-state index contributed by atoms with van der Waals surface area (Å²) in [5, 5.41) is 3.02. The molecule has 0 fully saturated rings. The van der Waals surface area contributed by atoms with Gasteiger partial charge in [0.1, 0.15) is 12.6 Å². The average molecular weight is 705 g/mol. The molecule has 0 aromatic heterocycles. The van der Waals surface area contributed by atoms with Crippen LogP contribution in [0.2, 0.25) is 0 Å². The van der Waals surface area contributed by atoms with Gasteiger partial charge in [0.25, 0.3) is 10.0 Å². The van der Waals surface area contributed by atoms with Gasteiger partial charge in [0.15, 0.2) is 0 Å². The molecule has 0 bridgehead atoms. The molecule has 0 radical (unpaired) electrons. The first-order valence-electron chi connectivity index (χ1n) is 15.5. The molecule has 0 aliphatic carbocycles. The Morgan fingerprint density at radius 2 is 1.48 bits per heavy atom. The summed E-state index contributed by atoms with van der Waals surface area (Å²) in [6.07, 6.45) is 1.99. The van der Waals surface area contributed by atoms with Crippen LogP contribution in [0, 0.1) is 20.8 Å². The summed E-state index contributed by atoms with van der Waals surface area (Å²) < 4.78 is 30.7. The fourth-order valence-corrected chi connectivity index (χ4v) is 6.92. The standard InChI is InChI=1S/C37H42BrN3O4S/c1-5-6-22-39-37(43)35(24-30-10-8-7-9-11-30)40(25-31-16-18-32(38)19-17-31)36(42)26-41(34-23-28(3)12-15-29(34)4)46(44,45)33-20-13-27(2)14-21-33/h7-21,23,35H,5-6,22,24-26H2,1-4H3,(H,39,43)/t35-/m1/s1. The van der Waals surface area contributed by atoms with E-state index in [-0.39, 0.29) is 23.8 Å². The van der Waals surface area contributed by atoms with Gasteiger partial charge in [-0.05, 0) is 79.8 Å². The average Bonchev–Trinajstić information content (AvgIpc) is 3.04. The summed E-state index contributed by atoms with van der Waals surface area (Å²) in [5.41, 5.74) is 4.63. The lowest BCUT2D eigenvalue weighted by Gasteiger charge is -2.34. The summed E-state index contributed by atoms with van der Waals surface area (Å²) in [6, 6.07) is 28.4. The van der Waals surface area contributed by atoms with Crippen LogP contribution in [0.1, 0.15) is 47.6 Å². The Balaban J connectivity index is 1.81. The number of amides is 2. The summed E-state index contributed by atoms with van der Waals surface area (Å²) in [6.45, 7) is 7.78. The van der Waals surface area contributed by atoms with Crippen molar-refractivity contribution in [1.82, 2.24) is 10.2 Å². The molecule has 0 spiro atoms. The van der Waals surface area contributed by atoms with Crippen LogP contribution < -0.4 is 9.62 Å². The van der Waals surface area contributed by atoms with Crippen molar-refractivity contribution in [1.29, 1.82) is 0 Å². The summed E-state index contributed by atoms with van der Waals surface area (Å²) in [4.78, 5) is 30.1. The minimum atomic E-state index is -4.16. The summed E-state index contributed by atoms with van der Waals surface area (Å²) in [5.74, 6) is -0.756. The molecule has 242 valence electrons. The molecule has 1 atom stereocenters. The number of halogens is 1. The van der Waals surface area contributed by atoms with E-state index in [4.69, 9.17) is 0 Å². The zero-order chi connectivity index (χ0) is 33.3. The maximum absolute atomic E-state index is 14.6. The van der Waals surface area contributed by atoms with Crippen molar-refractivity contribution in [2.75, 3.05) is 17.4 Å². The van der Waals surface area contributed by atoms with Gasteiger partial charge in [-0.1, -0.05) is 102 Å². The third-order valence-corrected chi connectivity index (χ3v) is 10.2. The second-order valence-electron chi connectivity index (χ2n) is 11.6. The van der Waals surface area contributed by atoms with Crippen LogP contribution in [0.25, 0.3) is 0 Å². The first kappa shape index (κ1) is 34.9. The molecule has 46 heavy (non-hydrogen) atoms. The van der Waals surface area contributed by atoms with Gasteiger partial charge in [-0.2, -0.15) is 0 Å². The van der Waals surface area contributed by atoms with Crippen molar-refractivity contribution in [2.24, 2.45) is 0 Å². The van der Waals surface area contributed by atoms with Crippen molar-refractivity contribution in [3.8, 4) is 0 Å². The van der Waals surface area contributed by atoms with Gasteiger partial charge in [-0.25, -0.2) is 8.42 Å². The molecule has 4 aromatic carbocycles. The zero-order valence-corrected chi connectivity index (χ0v) is 29.3. The van der Waals surface area contributed by atoms with Crippen LogP contribution in [-0.2, 0) is 32.6 Å². The third-order valence-electron chi connectivity index (χ3n) is 7.89. The summed E-state index contributed by atoms with van der Waals surface area (Å²) >= 11 is 3.47. The molecule has 0 saturated heterocycles. The number of anilines is 1. The molecule has 7 nitrogen and oxygen atoms in total. The molecular formula is C37H42BrN3O4S. The van der Waals surface area contributed by atoms with E-state index >= 15 is 0 Å². The van der Waals surface area contributed by atoms with E-state index in [1.165, 1.54) is 9.21 Å². The number of hydrogen-bond acceptors (Lipinski definition) is 4. The fraction of sp³-hybridized carbons (Fsp3) is 0.297. The number of unbranched alkanes of at least 4 members (excludes halogenated alkanes) is 1. The second-order valence-corrected chi connectivity index (χ2v) is 14.4. The largest absolute Gasteiger partial charge is 0.354 e. The minimum absolute atomic E-state index is 0.0874. The maximum atomic E-state index is 14.6. The number of carbonyl (C=O) groups is 2. The lowest BCUT2D eigenvalue weighted by molar-refractivity contribution is -0.140. The Morgan fingerprint density at radius 3 is 2.13 bits per heavy atom. The maximum Gasteiger partial charge on any atom is 0.264 e. The van der Waals surface area contributed by atoms with E-state index in [1.54, 1.807) is 30.3 Å². The number of carbonyl (C=O) groups excluding carboxylic acids is 2. The van der Waals surface area contributed by atoms with Gasteiger partial charge in [0, 0.05) is 24.0 Å². The topological polar surface area (TPSA) is 86.8 Å². The molecule has 0 aliphatic heterocycles. The van der Waals surface area contributed by atoms with Crippen LogP contribution >= 0.6 is 15.9 Å². The van der Waals surface area contributed by atoms with Gasteiger partial charge >= 0.3 is 0 Å². The minimum Gasteiger partial charge on any atom is -0.354 e. The van der Waals surface area contributed by atoms with Crippen LogP contribution in [-0.4, -0.2) is 44.3 Å². The van der Waals surface area contributed by atoms with Crippen molar-refractivity contribution in [2.45, 2.75) is 64.4 Å². The molecule has 4 rings (SSSR count). The molecule has 0 aliphatic rings. The number of nitrogens with zero attached hydrogens (tertiary/aromatic N) is 2. The number of nitrogens with one attached hydrogen (secondary N) is 1. The van der Waals surface area contributed by atoms with Gasteiger partial charge in [-0.15, -0.1) is 0 Å². The number of hydrogen-bond donors (Lipinski definition) is 1. The normalized spacial score (nSPS) is 11.9. The van der Waals surface area contributed by atoms with E-state index in [0.717, 1.165) is 39.6 Å². The molecule has 0 heterocycles. The Morgan fingerprint density at radius 1 is 0.826 bits per heavy atom. The number of sulfonamides is 1. The first-order valence-corrected chi connectivity index (χ1v) is 17.7. The van der Waals surface area contributed by atoms with Gasteiger partial charge in [-0.3, -0.25) is 13.9 Å². The van der Waals surface area contributed by atoms with E-state index < -0.39 is 28.5 Å². The van der Waals surface area contributed by atoms with E-state index in [9.17, 15) is 18.0 Å². The van der Waals surface area contributed by atoms with Crippen LogP contribution in [0.3, 0.4) is 0 Å². The lowest BCUT2D eigenvalue weighted by Crippen LogP contribution is -2.53. The molecule has 0 unspecified atom stereocenters. The van der Waals surface area contributed by atoms with E-state index in [2.05, 4.69) is 21.2 Å². The van der Waals surface area contributed by atoms with Crippen LogP contribution in [0.15, 0.2) is 106 Å². The van der Waals surface area contributed by atoms with Gasteiger partial charge in [0.05, 0.1) is 10.6 Å². The quantitative estimate of drug-likeness (QED) is 0.142. The highest BCUT2D eigenvalue weighted by Crippen LogP contribution is 2.29. The fourth-order valence-electron chi connectivity index (χ4n) is 5.19. The van der Waals surface area contributed by atoms with Crippen LogP contribution in [0.4, 0.5) is 5.69 Å². The van der Waals surface area contributed by atoms with Crippen molar-refractivity contribution in [3.05, 3.63) is 129 Å². The van der Waals surface area contributed by atoms with Gasteiger partial charge in [0.2, 0.25) is 11.8 Å². The van der Waals surface area contributed by atoms with E-state index in [0.29, 0.717) is 17.8 Å². The molecule has 4 aromatic rings. The predicted molar refractivity (Wildman–Crippen MR) is 188 cm³/mol. The Kier molecular flexibility index (Phi) is 12.2. The van der Waals surface area contributed by atoms with Crippen molar-refractivity contribution < 1.29 is 18.0 Å². The highest BCUT2D eigenvalue weighted by molar-refractivity contribution is 9.10. The monoisotopic (exact) mass is 703 g/mol. The van der Waals surface area contributed by atoms with Crippen molar-refractivity contribution >= 4 is 43.5 Å². The molecule has 1 N–H and O–H groups in total. The SMILES string of the molecule is CCCCNC(=O)[C@@H](Cc1ccccc1)N(Cc1ccc(Br)cc1)C(=O)CN(c1cc(C)ccc1C)S(=O)(=O)c1ccc(C)cc1. The molecule has 0 saturated carbocycles. The van der Waals surface area contributed by atoms with Crippen molar-refractivity contribution in [3.63, 3.8) is 0 Å².